The number of nitrogens with one attached hydrogen (secondary N) is 1. The molecular formula is C11H19N3O2. The number of nitrogens with two attached hydrogens (primary N) is 1. The Labute approximate surface area is 95.3 Å². The van der Waals surface area contributed by atoms with Crippen molar-refractivity contribution >= 4 is 11.6 Å². The summed E-state index contributed by atoms with van der Waals surface area (Å²) in [6.07, 6.45) is 2.14. The van der Waals surface area contributed by atoms with E-state index in [2.05, 4.69) is 5.32 Å². The van der Waals surface area contributed by atoms with Crippen LogP contribution in [0.5, 0.6) is 0 Å². The number of amides is 1. The zero-order valence-electron chi connectivity index (χ0n) is 9.73. The zero-order valence-corrected chi connectivity index (χ0v) is 9.73. The van der Waals surface area contributed by atoms with Gasteiger partial charge in [-0.2, -0.15) is 0 Å². The molecule has 1 amide bonds. The lowest BCUT2D eigenvalue weighted by Crippen LogP contribution is -2.31. The van der Waals surface area contributed by atoms with E-state index in [1.54, 1.807) is 19.2 Å². The Morgan fingerprint density at radius 2 is 2.38 bits per heavy atom. The minimum atomic E-state index is -0.545. The summed E-state index contributed by atoms with van der Waals surface area (Å²) in [6, 6.07) is 1.65. The second-order valence-corrected chi connectivity index (χ2v) is 3.91. The Hall–Kier alpha value is -1.49. The van der Waals surface area contributed by atoms with E-state index in [1.807, 2.05) is 11.5 Å². The Kier molecular flexibility index (Phi) is 4.37. The maximum Gasteiger partial charge on any atom is 0.268 e. The standard InChI is InChI=1S/C11H19N3O2/c1-3-4-14-7-9(12)5-10(14)11(16)13-6-8(2)15/h5,7-8,15H,3-4,6,12H2,1-2H3,(H,13,16). The van der Waals surface area contributed by atoms with Gasteiger partial charge in [0.15, 0.2) is 0 Å². The van der Waals surface area contributed by atoms with Crippen molar-refractivity contribution in [2.45, 2.75) is 32.9 Å². The summed E-state index contributed by atoms with van der Waals surface area (Å²) < 4.78 is 1.83. The molecule has 0 aliphatic carbocycles. The van der Waals surface area contributed by atoms with E-state index in [-0.39, 0.29) is 12.5 Å². The predicted molar refractivity (Wildman–Crippen MR) is 63.1 cm³/mol. The molecule has 1 aromatic heterocycles. The van der Waals surface area contributed by atoms with Crippen LogP contribution in [0.2, 0.25) is 0 Å². The number of aryl methyl sites for hydroxylation is 1. The van der Waals surface area contributed by atoms with Crippen LogP contribution in [0.4, 0.5) is 5.69 Å². The second-order valence-electron chi connectivity index (χ2n) is 3.91. The SMILES string of the molecule is CCCn1cc(N)cc1C(=O)NCC(C)O. The summed E-state index contributed by atoms with van der Waals surface area (Å²) in [5.74, 6) is -0.203. The molecule has 0 saturated heterocycles. The molecule has 0 fully saturated rings. The monoisotopic (exact) mass is 225 g/mol. The Balaban J connectivity index is 2.73. The quantitative estimate of drug-likeness (QED) is 0.686. The fourth-order valence-electron chi connectivity index (χ4n) is 1.48. The molecule has 0 aliphatic rings. The van der Waals surface area contributed by atoms with Crippen LogP contribution >= 0.6 is 0 Å². The maximum atomic E-state index is 11.8. The van der Waals surface area contributed by atoms with Crippen molar-refractivity contribution in [1.82, 2.24) is 9.88 Å². The molecule has 1 aromatic rings. The van der Waals surface area contributed by atoms with E-state index in [4.69, 9.17) is 10.8 Å². The number of aliphatic hydroxyl groups is 1. The molecule has 0 aromatic carbocycles. The van der Waals surface area contributed by atoms with Gasteiger partial charge < -0.3 is 20.7 Å². The van der Waals surface area contributed by atoms with Gasteiger partial charge >= 0.3 is 0 Å². The van der Waals surface area contributed by atoms with E-state index in [0.29, 0.717) is 11.4 Å². The van der Waals surface area contributed by atoms with E-state index >= 15 is 0 Å². The number of anilines is 1. The highest BCUT2D eigenvalue weighted by molar-refractivity contribution is 5.93. The highest BCUT2D eigenvalue weighted by Gasteiger charge is 2.12. The lowest BCUT2D eigenvalue weighted by Gasteiger charge is -2.09. The molecule has 4 N–H and O–H groups in total. The molecular weight excluding hydrogens is 206 g/mol. The zero-order chi connectivity index (χ0) is 12.1. The van der Waals surface area contributed by atoms with Gasteiger partial charge in [0.05, 0.1) is 11.8 Å². The average Bonchev–Trinajstić information content (AvgIpc) is 2.56. The topological polar surface area (TPSA) is 80.3 Å². The molecule has 1 atom stereocenters. The van der Waals surface area contributed by atoms with Crippen molar-refractivity contribution in [1.29, 1.82) is 0 Å². The number of carbonyl (C=O) groups is 1. The van der Waals surface area contributed by atoms with Crippen molar-refractivity contribution in [2.24, 2.45) is 0 Å². The van der Waals surface area contributed by atoms with Crippen molar-refractivity contribution in [3.63, 3.8) is 0 Å². The number of rotatable bonds is 5. The van der Waals surface area contributed by atoms with Crippen LogP contribution in [0.25, 0.3) is 0 Å². The second kappa shape index (κ2) is 5.55. The van der Waals surface area contributed by atoms with Crippen molar-refractivity contribution in [3.8, 4) is 0 Å². The van der Waals surface area contributed by atoms with Gasteiger partial charge in [0.2, 0.25) is 0 Å². The normalized spacial score (nSPS) is 12.4. The number of hydrogen-bond donors (Lipinski definition) is 3. The highest BCUT2D eigenvalue weighted by Crippen LogP contribution is 2.11. The van der Waals surface area contributed by atoms with E-state index < -0.39 is 6.10 Å². The molecule has 0 aliphatic heterocycles. The van der Waals surface area contributed by atoms with Crippen LogP contribution in [0, 0.1) is 0 Å². The summed E-state index contributed by atoms with van der Waals surface area (Å²) in [7, 11) is 0. The first-order valence-electron chi connectivity index (χ1n) is 5.46. The average molecular weight is 225 g/mol. The molecule has 0 radical (unpaired) electrons. The first-order valence-corrected chi connectivity index (χ1v) is 5.46. The molecule has 1 rings (SSSR count). The smallest absolute Gasteiger partial charge is 0.268 e. The van der Waals surface area contributed by atoms with Crippen LogP contribution in [-0.4, -0.2) is 28.2 Å². The van der Waals surface area contributed by atoms with E-state index in [0.717, 1.165) is 13.0 Å². The van der Waals surface area contributed by atoms with E-state index in [1.165, 1.54) is 0 Å². The van der Waals surface area contributed by atoms with Crippen LogP contribution in [0.15, 0.2) is 12.3 Å². The number of carbonyl (C=O) groups excluding carboxylic acids is 1. The van der Waals surface area contributed by atoms with Crippen LogP contribution in [-0.2, 0) is 6.54 Å². The minimum Gasteiger partial charge on any atom is -0.397 e. The fourth-order valence-corrected chi connectivity index (χ4v) is 1.48. The number of aliphatic hydroxyl groups excluding tert-OH is 1. The lowest BCUT2D eigenvalue weighted by atomic mass is 10.3. The molecule has 0 spiro atoms. The summed E-state index contributed by atoms with van der Waals surface area (Å²) in [5.41, 5.74) is 6.77. The minimum absolute atomic E-state index is 0.203. The van der Waals surface area contributed by atoms with Gasteiger partial charge in [-0.25, -0.2) is 0 Å². The third-order valence-corrected chi connectivity index (χ3v) is 2.17. The van der Waals surface area contributed by atoms with Crippen molar-refractivity contribution in [2.75, 3.05) is 12.3 Å². The Bertz CT molecular complexity index is 358. The first kappa shape index (κ1) is 12.6. The van der Waals surface area contributed by atoms with Gasteiger partial charge in [-0.3, -0.25) is 4.79 Å². The summed E-state index contributed by atoms with van der Waals surface area (Å²) >= 11 is 0. The van der Waals surface area contributed by atoms with Crippen molar-refractivity contribution < 1.29 is 9.90 Å². The molecule has 1 heterocycles. The Morgan fingerprint density at radius 1 is 1.69 bits per heavy atom. The molecule has 90 valence electrons. The predicted octanol–water partition coefficient (Wildman–Crippen LogP) is 0.591. The van der Waals surface area contributed by atoms with Gasteiger partial charge in [0.25, 0.3) is 5.91 Å². The van der Waals surface area contributed by atoms with Gasteiger partial charge in [-0.05, 0) is 19.4 Å². The van der Waals surface area contributed by atoms with Crippen molar-refractivity contribution in [3.05, 3.63) is 18.0 Å². The van der Waals surface area contributed by atoms with Gasteiger partial charge in [0.1, 0.15) is 5.69 Å². The molecule has 1 unspecified atom stereocenters. The van der Waals surface area contributed by atoms with Crippen LogP contribution in [0.3, 0.4) is 0 Å². The van der Waals surface area contributed by atoms with Crippen LogP contribution < -0.4 is 11.1 Å². The van der Waals surface area contributed by atoms with Gasteiger partial charge in [-0.1, -0.05) is 6.92 Å². The lowest BCUT2D eigenvalue weighted by molar-refractivity contribution is 0.0914. The number of nitrogens with zero attached hydrogens (tertiary/aromatic N) is 1. The largest absolute Gasteiger partial charge is 0.397 e. The molecule has 0 bridgehead atoms. The molecule has 5 heteroatoms. The first-order chi connectivity index (χ1) is 7.54. The third-order valence-electron chi connectivity index (χ3n) is 2.17. The summed E-state index contributed by atoms with van der Waals surface area (Å²) in [4.78, 5) is 11.8. The van der Waals surface area contributed by atoms with E-state index in [9.17, 15) is 4.79 Å². The number of nitrogen functional groups attached to an aromatic ring is 1. The van der Waals surface area contributed by atoms with Gasteiger partial charge in [-0.15, -0.1) is 0 Å². The molecule has 5 nitrogen and oxygen atoms in total. The maximum absolute atomic E-state index is 11.8. The fraction of sp³-hybridized carbons (Fsp3) is 0.545. The molecule has 0 saturated carbocycles. The Morgan fingerprint density at radius 3 is 2.94 bits per heavy atom. The number of aromatic nitrogens is 1. The summed E-state index contributed by atoms with van der Waals surface area (Å²) in [5, 5.41) is 11.7. The van der Waals surface area contributed by atoms with Crippen LogP contribution in [0.1, 0.15) is 30.8 Å². The highest BCUT2D eigenvalue weighted by atomic mass is 16.3. The number of hydrogen-bond acceptors (Lipinski definition) is 3. The molecule has 16 heavy (non-hydrogen) atoms. The summed E-state index contributed by atoms with van der Waals surface area (Å²) in [6.45, 7) is 4.66. The third kappa shape index (κ3) is 3.27. The van der Waals surface area contributed by atoms with Gasteiger partial charge in [0, 0.05) is 19.3 Å².